The molecule has 0 saturated carbocycles. The van der Waals surface area contributed by atoms with Gasteiger partial charge in [0.05, 0.1) is 85.1 Å². The van der Waals surface area contributed by atoms with Gasteiger partial charge in [-0.1, -0.05) is 115 Å². The van der Waals surface area contributed by atoms with Crippen molar-refractivity contribution < 1.29 is 33.3 Å². The average molecular weight is 945 g/mol. The summed E-state index contributed by atoms with van der Waals surface area (Å²) in [7, 11) is 8.10. The molecule has 9 rings (SSSR count). The topological polar surface area (TPSA) is 169 Å². The first-order valence-electron chi connectivity index (χ1n) is 22.9. The number of rotatable bonds is 13. The number of aliphatic imine (C=N–C) groups is 2. The third-order valence-corrected chi connectivity index (χ3v) is 12.3. The van der Waals surface area contributed by atoms with Crippen LogP contribution in [0.5, 0.6) is 23.0 Å². The van der Waals surface area contributed by atoms with Crippen LogP contribution in [0.2, 0.25) is 0 Å². The van der Waals surface area contributed by atoms with E-state index in [1.54, 1.807) is 75.6 Å². The zero-order chi connectivity index (χ0) is 50.0. The highest BCUT2D eigenvalue weighted by Gasteiger charge is 2.33. The van der Waals surface area contributed by atoms with Crippen molar-refractivity contribution in [3.8, 4) is 51.3 Å². The van der Waals surface area contributed by atoms with Crippen LogP contribution in [0.1, 0.15) is 50.2 Å². The molecule has 2 aliphatic heterocycles. The van der Waals surface area contributed by atoms with E-state index >= 15 is 0 Å². The van der Waals surface area contributed by atoms with E-state index in [0.29, 0.717) is 80.2 Å². The molecule has 71 heavy (non-hydrogen) atoms. The van der Waals surface area contributed by atoms with Crippen molar-refractivity contribution in [2.24, 2.45) is 15.7 Å². The fourth-order valence-corrected chi connectivity index (χ4v) is 8.93. The third kappa shape index (κ3) is 10.1. The van der Waals surface area contributed by atoms with Gasteiger partial charge in [0, 0.05) is 42.4 Å². The fourth-order valence-electron chi connectivity index (χ4n) is 8.93. The van der Waals surface area contributed by atoms with Crippen molar-refractivity contribution in [2.45, 2.75) is 12.8 Å². The Hall–Kier alpha value is -9.02. The number of nitrogens with two attached hydrogens (primary N) is 1. The molecule has 0 unspecified atom stereocenters. The zero-order valence-electron chi connectivity index (χ0n) is 40.1. The summed E-state index contributed by atoms with van der Waals surface area (Å²) in [5.74, 6) is 1.44. The Kier molecular flexibility index (Phi) is 15.0. The Balaban J connectivity index is 0.000000194. The second kappa shape index (κ2) is 21.9. The van der Waals surface area contributed by atoms with Crippen LogP contribution in [0.4, 0.5) is 11.4 Å². The van der Waals surface area contributed by atoms with Gasteiger partial charge in [-0.3, -0.25) is 24.4 Å². The van der Waals surface area contributed by atoms with Gasteiger partial charge in [-0.15, -0.1) is 0 Å². The molecule has 0 spiro atoms. The summed E-state index contributed by atoms with van der Waals surface area (Å²) in [6.45, 7) is 0.449. The predicted molar refractivity (Wildman–Crippen MR) is 278 cm³/mol. The van der Waals surface area contributed by atoms with Crippen LogP contribution in [0.3, 0.4) is 0 Å². The number of methoxy groups -OCH3 is 4. The molecule has 0 aliphatic carbocycles. The van der Waals surface area contributed by atoms with Crippen LogP contribution < -0.4 is 34.5 Å². The summed E-state index contributed by atoms with van der Waals surface area (Å²) in [6, 6.07) is 49.9. The number of carbonyl (C=O) groups is 3. The van der Waals surface area contributed by atoms with E-state index < -0.39 is 5.91 Å². The quantitative estimate of drug-likeness (QED) is 0.119. The Morgan fingerprint density at radius 3 is 1.62 bits per heavy atom. The number of likely N-dealkylation sites (N-methyl/N-ethyl adjacent to an activating group) is 1. The Labute approximate surface area is 413 Å². The van der Waals surface area contributed by atoms with Gasteiger partial charge >= 0.3 is 0 Å². The summed E-state index contributed by atoms with van der Waals surface area (Å²) in [4.78, 5) is 50.8. The maximum atomic E-state index is 13.6. The van der Waals surface area contributed by atoms with Crippen molar-refractivity contribution in [3.05, 3.63) is 191 Å². The number of hydrogen-bond acceptors (Lipinski definition) is 10. The molecule has 13 nitrogen and oxygen atoms in total. The number of nitriles is 1. The van der Waals surface area contributed by atoms with Crippen LogP contribution in [-0.4, -0.2) is 84.3 Å². The highest BCUT2D eigenvalue weighted by atomic mass is 16.5. The number of primary amides is 1. The average Bonchev–Trinajstić information content (AvgIpc) is 3.63. The van der Waals surface area contributed by atoms with E-state index in [2.05, 4.69) is 23.2 Å². The summed E-state index contributed by atoms with van der Waals surface area (Å²) in [6.07, 6.45) is 1.62. The van der Waals surface area contributed by atoms with E-state index in [1.807, 2.05) is 109 Å². The van der Waals surface area contributed by atoms with Crippen molar-refractivity contribution in [2.75, 3.05) is 64.9 Å². The van der Waals surface area contributed by atoms with Crippen LogP contribution in [0, 0.1) is 11.3 Å². The van der Waals surface area contributed by atoms with E-state index in [1.165, 1.54) is 5.56 Å². The number of hydrogen-bond donors (Lipinski definition) is 1. The van der Waals surface area contributed by atoms with Gasteiger partial charge in [-0.05, 0) is 53.8 Å². The molecule has 3 amide bonds. The van der Waals surface area contributed by atoms with E-state index in [4.69, 9.17) is 29.7 Å². The number of fused-ring (bicyclic) bond motifs is 2. The maximum Gasteiger partial charge on any atom is 0.248 e. The minimum Gasteiger partial charge on any atom is -0.496 e. The minimum absolute atomic E-state index is 0.0156. The molecule has 13 heteroatoms. The predicted octanol–water partition coefficient (Wildman–Crippen LogP) is 9.34. The smallest absolute Gasteiger partial charge is 0.248 e. The summed E-state index contributed by atoms with van der Waals surface area (Å²) in [5.41, 5.74) is 16.1. The van der Waals surface area contributed by atoms with E-state index in [-0.39, 0.29) is 24.9 Å². The molecule has 7 aromatic carbocycles. The Bertz CT molecular complexity index is 3220. The molecule has 0 atom stereocenters. The van der Waals surface area contributed by atoms with E-state index in [0.717, 1.165) is 40.7 Å². The van der Waals surface area contributed by atoms with Gasteiger partial charge in [0.15, 0.2) is 0 Å². The number of aryl methyl sites for hydroxylation is 1. The molecular formula is C58H52N6O7. The first kappa shape index (κ1) is 48.4. The zero-order valence-corrected chi connectivity index (χ0v) is 40.1. The first-order chi connectivity index (χ1) is 34.6. The normalized spacial score (nSPS) is 12.9. The van der Waals surface area contributed by atoms with Crippen LogP contribution in [-0.2, 0) is 16.0 Å². The molecule has 0 radical (unpaired) electrons. The third-order valence-electron chi connectivity index (χ3n) is 12.3. The number of benzene rings is 7. The minimum atomic E-state index is -0.541. The number of anilines is 2. The molecule has 2 aliphatic rings. The highest BCUT2D eigenvalue weighted by Crippen LogP contribution is 2.49. The number of carbonyl (C=O) groups excluding carboxylic acids is 3. The molecule has 0 aromatic heterocycles. The molecule has 7 aromatic rings. The lowest BCUT2D eigenvalue weighted by molar-refractivity contribution is -0.117. The number of amides is 3. The second-order valence-corrected chi connectivity index (χ2v) is 16.5. The molecule has 0 bridgehead atoms. The Morgan fingerprint density at radius 2 is 1.08 bits per heavy atom. The number of nitrogens with zero attached hydrogens (tertiary/aromatic N) is 5. The Morgan fingerprint density at radius 1 is 0.592 bits per heavy atom. The lowest BCUT2D eigenvalue weighted by Gasteiger charge is -2.27. The van der Waals surface area contributed by atoms with Crippen LogP contribution >= 0.6 is 0 Å². The van der Waals surface area contributed by atoms with Crippen LogP contribution in [0.25, 0.3) is 22.3 Å². The van der Waals surface area contributed by atoms with Gasteiger partial charge in [-0.2, -0.15) is 5.26 Å². The van der Waals surface area contributed by atoms with Crippen molar-refractivity contribution in [3.63, 3.8) is 0 Å². The summed E-state index contributed by atoms with van der Waals surface area (Å²) in [5, 5.41) is 9.55. The monoisotopic (exact) mass is 944 g/mol. The lowest BCUT2D eigenvalue weighted by atomic mass is 9.92. The standard InChI is InChI=1S/C33H29N3O3.C25H23N3O4/c1-38-28-20-27-31(33(39-2)30(28)25-15-7-4-8-16-25)32(26-17-9-13-24(19-26)21-34)35-22-29(37)36(27)18-10-14-23-11-5-3-6-12-23;1-28-18-13-19(31-2)21(15-8-5-4-6-9-15)24(32-3)22(18)23(27-14-20(28)29)16-10-7-11-17(12-16)25(26)30/h3-9,11-13,15-17,19-20H,10,14,18,22H2,1-2H3;4-13H,14H2,1-3H3,(H2,26,30). The lowest BCUT2D eigenvalue weighted by Crippen LogP contribution is -2.33. The van der Waals surface area contributed by atoms with Gasteiger partial charge in [-0.25, -0.2) is 0 Å². The first-order valence-corrected chi connectivity index (χ1v) is 22.9. The van der Waals surface area contributed by atoms with Crippen molar-refractivity contribution in [1.82, 2.24) is 0 Å². The summed E-state index contributed by atoms with van der Waals surface area (Å²) >= 11 is 0. The van der Waals surface area contributed by atoms with Crippen molar-refractivity contribution in [1.29, 1.82) is 5.26 Å². The SMILES string of the molecule is COc1cc2c(c(OC)c1-c1ccccc1)C(c1cccc(C#N)c1)=NCC(=O)N2CCCc1ccccc1.COc1cc2c(c(OC)c1-c1ccccc1)C(c1cccc(C(N)=O)c1)=NCC(=O)N2C. The van der Waals surface area contributed by atoms with Gasteiger partial charge in [0.25, 0.3) is 0 Å². The number of ether oxygens (including phenoxy) is 4. The summed E-state index contributed by atoms with van der Waals surface area (Å²) < 4.78 is 23.6. The van der Waals surface area contributed by atoms with Gasteiger partial charge in [0.1, 0.15) is 36.1 Å². The molecule has 356 valence electrons. The maximum absolute atomic E-state index is 13.6. The van der Waals surface area contributed by atoms with E-state index in [9.17, 15) is 19.6 Å². The second-order valence-electron chi connectivity index (χ2n) is 16.5. The molecule has 2 N–H and O–H groups in total. The molecule has 0 saturated heterocycles. The molecular weight excluding hydrogens is 893 g/mol. The molecule has 0 fully saturated rings. The van der Waals surface area contributed by atoms with Gasteiger partial charge in [0.2, 0.25) is 17.7 Å². The van der Waals surface area contributed by atoms with Gasteiger partial charge < -0.3 is 34.5 Å². The molecule has 2 heterocycles. The largest absolute Gasteiger partial charge is 0.496 e. The fraction of sp³-hybridized carbons (Fsp3) is 0.172. The number of benzodiazepines with no additional fused rings is 2. The van der Waals surface area contributed by atoms with Crippen molar-refractivity contribution >= 4 is 40.5 Å². The highest BCUT2D eigenvalue weighted by molar-refractivity contribution is 6.24. The van der Waals surface area contributed by atoms with Crippen LogP contribution in [0.15, 0.2) is 162 Å².